The zero-order valence-corrected chi connectivity index (χ0v) is 18.7. The minimum atomic E-state index is -3.74. The second-order valence-corrected chi connectivity index (χ2v) is 10.7. The van der Waals surface area contributed by atoms with Gasteiger partial charge in [0, 0.05) is 6.54 Å². The highest BCUT2D eigenvalue weighted by molar-refractivity contribution is 8.02. The molecular weight excluding hydrogens is 450 g/mol. The van der Waals surface area contributed by atoms with Gasteiger partial charge in [-0.3, -0.25) is 4.79 Å². The standard InChI is InChI=1S/C22H19N3O3S3/c23-31(27,28)17-12-10-15(11-13-17)14-24-21(26)20(16-6-2-1-3-7-16)30-22-25-18-8-4-5-9-19(18)29-22/h1-13,20H,14H2,(H,24,26)(H2,23,27,28). The second kappa shape index (κ2) is 9.19. The van der Waals surface area contributed by atoms with E-state index >= 15 is 0 Å². The Morgan fingerprint density at radius 3 is 2.35 bits per heavy atom. The SMILES string of the molecule is NS(=O)(=O)c1ccc(CNC(=O)C(Sc2nc3ccccc3s2)c2ccccc2)cc1. The van der Waals surface area contributed by atoms with Crippen LogP contribution in [0.2, 0.25) is 0 Å². The normalized spacial score (nSPS) is 12.5. The molecule has 0 aliphatic rings. The van der Waals surface area contributed by atoms with E-state index in [-0.39, 0.29) is 17.3 Å². The van der Waals surface area contributed by atoms with Crippen LogP contribution >= 0.6 is 23.1 Å². The van der Waals surface area contributed by atoms with E-state index in [1.807, 2.05) is 54.6 Å². The first kappa shape index (κ1) is 21.5. The van der Waals surface area contributed by atoms with Crippen molar-refractivity contribution in [3.05, 3.63) is 90.0 Å². The lowest BCUT2D eigenvalue weighted by molar-refractivity contribution is -0.120. The Bertz CT molecular complexity index is 1270. The summed E-state index contributed by atoms with van der Waals surface area (Å²) in [6.07, 6.45) is 0. The number of carbonyl (C=O) groups is 1. The number of amides is 1. The summed E-state index contributed by atoms with van der Waals surface area (Å²) in [7, 11) is -3.74. The number of nitrogens with one attached hydrogen (secondary N) is 1. The molecule has 4 rings (SSSR count). The third kappa shape index (κ3) is 5.31. The molecule has 3 aromatic carbocycles. The summed E-state index contributed by atoms with van der Waals surface area (Å²) in [5, 5.41) is 7.61. The third-order valence-corrected chi connectivity index (χ3v) is 7.87. The fourth-order valence-electron chi connectivity index (χ4n) is 2.98. The Morgan fingerprint density at radius 1 is 1.00 bits per heavy atom. The van der Waals surface area contributed by atoms with Crippen LogP contribution in [0.3, 0.4) is 0 Å². The van der Waals surface area contributed by atoms with Gasteiger partial charge in [-0.05, 0) is 35.4 Å². The zero-order chi connectivity index (χ0) is 21.8. The summed E-state index contributed by atoms with van der Waals surface area (Å²) in [6, 6.07) is 23.6. The molecule has 1 aromatic heterocycles. The topological polar surface area (TPSA) is 102 Å². The molecule has 0 radical (unpaired) electrons. The van der Waals surface area contributed by atoms with E-state index in [2.05, 4.69) is 10.3 Å². The fourth-order valence-corrected chi connectivity index (χ4v) is 5.78. The summed E-state index contributed by atoms with van der Waals surface area (Å²) >= 11 is 2.98. The van der Waals surface area contributed by atoms with Gasteiger partial charge in [-0.25, -0.2) is 18.5 Å². The highest BCUT2D eigenvalue weighted by Crippen LogP contribution is 2.39. The fraction of sp³-hybridized carbons (Fsp3) is 0.0909. The van der Waals surface area contributed by atoms with Crippen molar-refractivity contribution in [2.24, 2.45) is 5.14 Å². The molecule has 6 nitrogen and oxygen atoms in total. The largest absolute Gasteiger partial charge is 0.351 e. The van der Waals surface area contributed by atoms with Crippen LogP contribution < -0.4 is 10.5 Å². The molecule has 0 fully saturated rings. The third-order valence-electron chi connectivity index (χ3n) is 4.55. The Hall–Kier alpha value is -2.72. The number of hydrogen-bond acceptors (Lipinski definition) is 6. The van der Waals surface area contributed by atoms with Crippen molar-refractivity contribution >= 4 is 49.2 Å². The van der Waals surface area contributed by atoms with Gasteiger partial charge in [0.05, 0.1) is 15.1 Å². The zero-order valence-electron chi connectivity index (χ0n) is 16.3. The van der Waals surface area contributed by atoms with Crippen LogP contribution in [-0.2, 0) is 21.4 Å². The molecule has 0 spiro atoms. The highest BCUT2D eigenvalue weighted by Gasteiger charge is 2.23. The van der Waals surface area contributed by atoms with Crippen molar-refractivity contribution < 1.29 is 13.2 Å². The van der Waals surface area contributed by atoms with Gasteiger partial charge in [0.2, 0.25) is 15.9 Å². The minimum absolute atomic E-state index is 0.0381. The van der Waals surface area contributed by atoms with Gasteiger partial charge in [-0.2, -0.15) is 0 Å². The molecule has 1 unspecified atom stereocenters. The molecule has 4 aromatic rings. The summed E-state index contributed by atoms with van der Waals surface area (Å²) in [5.74, 6) is -0.147. The molecule has 0 saturated heterocycles. The van der Waals surface area contributed by atoms with Crippen molar-refractivity contribution in [3.63, 3.8) is 0 Å². The van der Waals surface area contributed by atoms with Crippen LogP contribution in [0.4, 0.5) is 0 Å². The quantitative estimate of drug-likeness (QED) is 0.397. The smallest absolute Gasteiger partial charge is 0.238 e. The van der Waals surface area contributed by atoms with Crippen molar-refractivity contribution in [3.8, 4) is 0 Å². The molecule has 0 bridgehead atoms. The van der Waals surface area contributed by atoms with E-state index in [0.717, 1.165) is 25.7 Å². The number of thioether (sulfide) groups is 1. The Kier molecular flexibility index (Phi) is 6.38. The molecule has 1 atom stereocenters. The molecule has 0 aliphatic heterocycles. The number of aromatic nitrogens is 1. The number of primary sulfonamides is 1. The Balaban J connectivity index is 1.51. The lowest BCUT2D eigenvalue weighted by Gasteiger charge is -2.16. The van der Waals surface area contributed by atoms with E-state index < -0.39 is 15.3 Å². The molecule has 1 heterocycles. The summed E-state index contributed by atoms with van der Waals surface area (Å²) < 4.78 is 24.7. The number of carbonyl (C=O) groups excluding carboxylic acids is 1. The molecule has 0 saturated carbocycles. The van der Waals surface area contributed by atoms with Gasteiger partial charge in [0.15, 0.2) is 4.34 Å². The Labute approximate surface area is 188 Å². The first-order valence-electron chi connectivity index (χ1n) is 9.37. The van der Waals surface area contributed by atoms with E-state index in [0.29, 0.717) is 0 Å². The number of nitrogens with zero attached hydrogens (tertiary/aromatic N) is 1. The number of nitrogens with two attached hydrogens (primary N) is 1. The van der Waals surface area contributed by atoms with Gasteiger partial charge in [0.1, 0.15) is 5.25 Å². The number of hydrogen-bond donors (Lipinski definition) is 2. The van der Waals surface area contributed by atoms with Crippen LogP contribution in [-0.4, -0.2) is 19.3 Å². The maximum absolute atomic E-state index is 13.1. The number of thiazole rings is 1. The van der Waals surface area contributed by atoms with E-state index in [4.69, 9.17) is 5.14 Å². The molecule has 31 heavy (non-hydrogen) atoms. The highest BCUT2D eigenvalue weighted by atomic mass is 32.2. The van der Waals surface area contributed by atoms with E-state index in [1.165, 1.54) is 23.9 Å². The average molecular weight is 470 g/mol. The molecule has 1 amide bonds. The Morgan fingerprint density at radius 2 is 1.68 bits per heavy atom. The molecule has 9 heteroatoms. The van der Waals surface area contributed by atoms with Gasteiger partial charge in [-0.15, -0.1) is 11.3 Å². The van der Waals surface area contributed by atoms with Gasteiger partial charge >= 0.3 is 0 Å². The minimum Gasteiger partial charge on any atom is -0.351 e. The molecule has 3 N–H and O–H groups in total. The summed E-state index contributed by atoms with van der Waals surface area (Å²) in [6.45, 7) is 0.271. The van der Waals surface area contributed by atoms with Crippen molar-refractivity contribution in [2.75, 3.05) is 0 Å². The first-order chi connectivity index (χ1) is 14.9. The first-order valence-corrected chi connectivity index (χ1v) is 12.6. The van der Waals surface area contributed by atoms with Gasteiger partial charge < -0.3 is 5.32 Å². The number of benzene rings is 3. The van der Waals surface area contributed by atoms with Gasteiger partial charge in [-0.1, -0.05) is 66.4 Å². The summed E-state index contributed by atoms with van der Waals surface area (Å²) in [5.41, 5.74) is 2.57. The number of rotatable bonds is 7. The monoisotopic (exact) mass is 469 g/mol. The number of para-hydroxylation sites is 1. The van der Waals surface area contributed by atoms with Crippen LogP contribution in [0, 0.1) is 0 Å². The predicted octanol–water partition coefficient (Wildman–Crippen LogP) is 4.09. The van der Waals surface area contributed by atoms with Crippen LogP contribution in [0.1, 0.15) is 16.4 Å². The maximum Gasteiger partial charge on any atom is 0.238 e. The lowest BCUT2D eigenvalue weighted by Crippen LogP contribution is -2.27. The van der Waals surface area contributed by atoms with Crippen LogP contribution in [0.15, 0.2) is 88.1 Å². The average Bonchev–Trinajstić information content (AvgIpc) is 3.19. The summed E-state index contributed by atoms with van der Waals surface area (Å²) in [4.78, 5) is 17.8. The van der Waals surface area contributed by atoms with Crippen LogP contribution in [0.5, 0.6) is 0 Å². The van der Waals surface area contributed by atoms with Crippen molar-refractivity contribution in [2.45, 2.75) is 21.0 Å². The number of fused-ring (bicyclic) bond motifs is 1. The van der Waals surface area contributed by atoms with E-state index in [1.54, 1.807) is 23.5 Å². The van der Waals surface area contributed by atoms with Crippen LogP contribution in [0.25, 0.3) is 10.2 Å². The maximum atomic E-state index is 13.1. The van der Waals surface area contributed by atoms with Crippen molar-refractivity contribution in [1.82, 2.24) is 10.3 Å². The van der Waals surface area contributed by atoms with Crippen molar-refractivity contribution in [1.29, 1.82) is 0 Å². The molecule has 0 aliphatic carbocycles. The van der Waals surface area contributed by atoms with E-state index in [9.17, 15) is 13.2 Å². The number of sulfonamides is 1. The lowest BCUT2D eigenvalue weighted by atomic mass is 10.1. The second-order valence-electron chi connectivity index (χ2n) is 6.76. The molecular formula is C22H19N3O3S3. The molecule has 158 valence electrons. The predicted molar refractivity (Wildman–Crippen MR) is 124 cm³/mol. The van der Waals surface area contributed by atoms with Gasteiger partial charge in [0.25, 0.3) is 0 Å².